The first-order chi connectivity index (χ1) is 15.1. The average Bonchev–Trinajstić information content (AvgIpc) is 2.78. The fraction of sp³-hybridized carbons (Fsp3) is 0.625. The van der Waals surface area contributed by atoms with Crippen LogP contribution in [0.3, 0.4) is 0 Å². The maximum Gasteiger partial charge on any atom is 0.329 e. The molecule has 1 fully saturated rings. The van der Waals surface area contributed by atoms with Crippen molar-refractivity contribution in [1.29, 1.82) is 0 Å². The molecule has 0 unspecified atom stereocenters. The summed E-state index contributed by atoms with van der Waals surface area (Å²) in [5, 5.41) is 6.91. The number of hydrogen-bond acceptors (Lipinski definition) is 5. The maximum absolute atomic E-state index is 12.1. The maximum atomic E-state index is 12.1. The number of rotatable bonds is 6. The Bertz CT molecular complexity index is 720. The van der Waals surface area contributed by atoms with E-state index in [2.05, 4.69) is 15.8 Å². The SMILES string of the molecule is COc1ccc(CCNC(=O)C(=O)NN=C2CCCCCCCCCCC2)cc1OC. The molecular weight excluding hydrogens is 394 g/mol. The van der Waals surface area contributed by atoms with Crippen molar-refractivity contribution in [2.75, 3.05) is 20.8 Å². The van der Waals surface area contributed by atoms with Gasteiger partial charge in [-0.05, 0) is 49.8 Å². The summed E-state index contributed by atoms with van der Waals surface area (Å²) in [6.07, 6.45) is 13.4. The zero-order chi connectivity index (χ0) is 22.3. The van der Waals surface area contributed by atoms with Crippen molar-refractivity contribution in [2.45, 2.75) is 77.0 Å². The van der Waals surface area contributed by atoms with Crippen LogP contribution in [0.15, 0.2) is 23.3 Å². The fourth-order valence-corrected chi connectivity index (χ4v) is 3.75. The van der Waals surface area contributed by atoms with Crippen LogP contribution < -0.4 is 20.2 Å². The number of hydrogen-bond donors (Lipinski definition) is 2. The molecule has 1 aromatic carbocycles. The number of ether oxygens (including phenoxy) is 2. The largest absolute Gasteiger partial charge is 0.493 e. The monoisotopic (exact) mass is 431 g/mol. The third-order valence-electron chi connectivity index (χ3n) is 5.60. The van der Waals surface area contributed by atoms with E-state index < -0.39 is 11.8 Å². The van der Waals surface area contributed by atoms with Gasteiger partial charge in [-0.15, -0.1) is 0 Å². The molecule has 1 aromatic rings. The van der Waals surface area contributed by atoms with E-state index in [0.29, 0.717) is 24.5 Å². The lowest BCUT2D eigenvalue weighted by Crippen LogP contribution is -2.39. The molecule has 1 saturated carbocycles. The lowest BCUT2D eigenvalue weighted by Gasteiger charge is -2.10. The van der Waals surface area contributed by atoms with Gasteiger partial charge in [0.25, 0.3) is 0 Å². The highest BCUT2D eigenvalue weighted by Gasteiger charge is 2.13. The first kappa shape index (κ1) is 24.7. The molecule has 1 aliphatic rings. The number of benzene rings is 1. The van der Waals surface area contributed by atoms with Crippen LogP contribution in [0.1, 0.15) is 76.2 Å². The summed E-state index contributed by atoms with van der Waals surface area (Å²) in [6, 6.07) is 5.59. The molecule has 2 rings (SSSR count). The highest BCUT2D eigenvalue weighted by atomic mass is 16.5. The van der Waals surface area contributed by atoms with Gasteiger partial charge in [0, 0.05) is 12.3 Å². The second kappa shape index (κ2) is 14.4. The third kappa shape index (κ3) is 9.40. The summed E-state index contributed by atoms with van der Waals surface area (Å²) in [4.78, 5) is 24.2. The second-order valence-corrected chi connectivity index (χ2v) is 8.00. The van der Waals surface area contributed by atoms with E-state index in [9.17, 15) is 9.59 Å². The van der Waals surface area contributed by atoms with Gasteiger partial charge >= 0.3 is 11.8 Å². The Hall–Kier alpha value is -2.57. The van der Waals surface area contributed by atoms with Crippen LogP contribution in [0.2, 0.25) is 0 Å². The lowest BCUT2D eigenvalue weighted by atomic mass is 10.00. The Kier molecular flexibility index (Phi) is 11.5. The number of nitrogens with one attached hydrogen (secondary N) is 2. The van der Waals surface area contributed by atoms with E-state index in [4.69, 9.17) is 9.47 Å². The van der Waals surface area contributed by atoms with Gasteiger partial charge in [-0.2, -0.15) is 5.10 Å². The molecule has 0 atom stereocenters. The van der Waals surface area contributed by atoms with Crippen LogP contribution in [-0.2, 0) is 16.0 Å². The standard InChI is InChI=1S/C24H37N3O4/c1-30-21-15-14-19(18-22(21)31-2)16-17-25-23(28)24(29)27-26-20-12-10-8-6-4-3-5-7-9-11-13-20/h14-15,18H,3-13,16-17H2,1-2H3,(H,25,28)(H,27,29). The summed E-state index contributed by atoms with van der Waals surface area (Å²) in [6.45, 7) is 0.346. The molecule has 0 bridgehead atoms. The number of nitrogens with zero attached hydrogens (tertiary/aromatic N) is 1. The molecule has 31 heavy (non-hydrogen) atoms. The molecule has 0 aliphatic heterocycles. The van der Waals surface area contributed by atoms with Gasteiger partial charge in [0.05, 0.1) is 14.2 Å². The Morgan fingerprint density at radius 3 is 2.00 bits per heavy atom. The minimum absolute atomic E-state index is 0.346. The van der Waals surface area contributed by atoms with Crippen LogP contribution in [0.25, 0.3) is 0 Å². The van der Waals surface area contributed by atoms with E-state index in [1.165, 1.54) is 44.9 Å². The second-order valence-electron chi connectivity index (χ2n) is 8.00. The molecule has 2 N–H and O–H groups in total. The molecule has 2 amide bonds. The van der Waals surface area contributed by atoms with Gasteiger partial charge in [0.15, 0.2) is 11.5 Å². The van der Waals surface area contributed by atoms with Gasteiger partial charge in [0.1, 0.15) is 0 Å². The van der Waals surface area contributed by atoms with Crippen LogP contribution in [0.4, 0.5) is 0 Å². The van der Waals surface area contributed by atoms with Crippen molar-refractivity contribution in [3.05, 3.63) is 23.8 Å². The number of carbonyl (C=O) groups excluding carboxylic acids is 2. The van der Waals surface area contributed by atoms with Crippen molar-refractivity contribution in [3.63, 3.8) is 0 Å². The molecule has 0 heterocycles. The van der Waals surface area contributed by atoms with Gasteiger partial charge in [-0.25, -0.2) is 5.43 Å². The normalized spacial score (nSPS) is 15.7. The van der Waals surface area contributed by atoms with Crippen molar-refractivity contribution >= 4 is 17.5 Å². The summed E-state index contributed by atoms with van der Waals surface area (Å²) in [7, 11) is 3.17. The van der Waals surface area contributed by atoms with Crippen molar-refractivity contribution < 1.29 is 19.1 Å². The van der Waals surface area contributed by atoms with Gasteiger partial charge in [-0.3, -0.25) is 9.59 Å². The van der Waals surface area contributed by atoms with Crippen molar-refractivity contribution in [3.8, 4) is 11.5 Å². The molecule has 0 spiro atoms. The summed E-state index contributed by atoms with van der Waals surface area (Å²) in [5.74, 6) is -0.0960. The fourth-order valence-electron chi connectivity index (χ4n) is 3.75. The Labute approximate surface area is 186 Å². The predicted molar refractivity (Wildman–Crippen MR) is 123 cm³/mol. The molecule has 0 saturated heterocycles. The minimum Gasteiger partial charge on any atom is -0.493 e. The van der Waals surface area contributed by atoms with Crippen LogP contribution in [-0.4, -0.2) is 38.3 Å². The first-order valence-electron chi connectivity index (χ1n) is 11.5. The summed E-state index contributed by atoms with van der Waals surface area (Å²) >= 11 is 0. The summed E-state index contributed by atoms with van der Waals surface area (Å²) < 4.78 is 10.5. The predicted octanol–water partition coefficient (Wildman–Crippen LogP) is 4.14. The molecule has 1 aliphatic carbocycles. The zero-order valence-electron chi connectivity index (χ0n) is 19.0. The quantitative estimate of drug-likeness (QED) is 0.523. The van der Waals surface area contributed by atoms with Crippen LogP contribution in [0, 0.1) is 0 Å². The van der Waals surface area contributed by atoms with E-state index in [1.807, 2.05) is 18.2 Å². The topological polar surface area (TPSA) is 89.0 Å². The lowest BCUT2D eigenvalue weighted by molar-refractivity contribution is -0.139. The number of amides is 2. The minimum atomic E-state index is -0.717. The van der Waals surface area contributed by atoms with Gasteiger partial charge in [0.2, 0.25) is 0 Å². The van der Waals surface area contributed by atoms with Gasteiger partial charge in [-0.1, -0.05) is 51.0 Å². The molecule has 0 radical (unpaired) electrons. The number of hydrazone groups is 1. The first-order valence-corrected chi connectivity index (χ1v) is 11.5. The highest BCUT2D eigenvalue weighted by molar-refractivity contribution is 6.35. The van der Waals surface area contributed by atoms with E-state index in [1.54, 1.807) is 14.2 Å². The van der Waals surface area contributed by atoms with Crippen LogP contribution >= 0.6 is 0 Å². The molecule has 0 aromatic heterocycles. The Morgan fingerprint density at radius 1 is 0.839 bits per heavy atom. The summed E-state index contributed by atoms with van der Waals surface area (Å²) in [5.41, 5.74) is 4.42. The highest BCUT2D eigenvalue weighted by Crippen LogP contribution is 2.27. The average molecular weight is 432 g/mol. The van der Waals surface area contributed by atoms with E-state index in [0.717, 1.165) is 37.0 Å². The molecule has 7 heteroatoms. The van der Waals surface area contributed by atoms with Crippen molar-refractivity contribution in [2.24, 2.45) is 5.10 Å². The third-order valence-corrected chi connectivity index (χ3v) is 5.60. The van der Waals surface area contributed by atoms with Crippen molar-refractivity contribution in [1.82, 2.24) is 10.7 Å². The molecular formula is C24H37N3O4. The smallest absolute Gasteiger partial charge is 0.329 e. The van der Waals surface area contributed by atoms with E-state index >= 15 is 0 Å². The van der Waals surface area contributed by atoms with Gasteiger partial charge < -0.3 is 14.8 Å². The Morgan fingerprint density at radius 2 is 1.42 bits per heavy atom. The number of methoxy groups -OCH3 is 2. The number of carbonyl (C=O) groups is 2. The van der Waals surface area contributed by atoms with E-state index in [-0.39, 0.29) is 0 Å². The zero-order valence-corrected chi connectivity index (χ0v) is 19.0. The molecule has 172 valence electrons. The van der Waals surface area contributed by atoms with Crippen LogP contribution in [0.5, 0.6) is 11.5 Å². The Balaban J connectivity index is 1.77. The molecule has 7 nitrogen and oxygen atoms in total.